The molecule has 0 aliphatic rings. The van der Waals surface area contributed by atoms with Crippen molar-refractivity contribution in [1.29, 1.82) is 0 Å². The molecule has 0 aliphatic heterocycles. The van der Waals surface area contributed by atoms with Crippen LogP contribution < -0.4 is 0 Å². The third-order valence-electron chi connectivity index (χ3n) is 2.55. The van der Waals surface area contributed by atoms with E-state index in [0.717, 1.165) is 6.42 Å². The minimum absolute atomic E-state index is 0.134. The minimum atomic E-state index is 0.134. The van der Waals surface area contributed by atoms with E-state index in [0.29, 0.717) is 0 Å². The fourth-order valence-corrected chi connectivity index (χ4v) is 1.17. The Morgan fingerprint density at radius 1 is 1.18 bits per heavy atom. The highest BCUT2D eigenvalue weighted by Gasteiger charge is 2.19. The molecule has 0 radical (unpaired) electrons. The van der Waals surface area contributed by atoms with E-state index in [-0.39, 0.29) is 5.60 Å². The van der Waals surface area contributed by atoms with Gasteiger partial charge in [0, 0.05) is 7.11 Å². The van der Waals surface area contributed by atoms with Crippen LogP contribution in [0.25, 0.3) is 0 Å². The molecule has 0 heterocycles. The van der Waals surface area contributed by atoms with Crippen molar-refractivity contribution in [2.45, 2.75) is 58.5 Å². The van der Waals surface area contributed by atoms with Gasteiger partial charge in [-0.25, -0.2) is 0 Å². The van der Waals surface area contributed by atoms with Crippen molar-refractivity contribution < 1.29 is 4.74 Å². The summed E-state index contributed by atoms with van der Waals surface area (Å²) >= 11 is 0. The van der Waals surface area contributed by atoms with Crippen LogP contribution in [0.5, 0.6) is 0 Å². The summed E-state index contributed by atoms with van der Waals surface area (Å²) in [7, 11) is 1.81. The van der Waals surface area contributed by atoms with Crippen LogP contribution in [-0.2, 0) is 4.74 Å². The summed E-state index contributed by atoms with van der Waals surface area (Å²) in [5.74, 6) is 0. The number of hydrogen-bond donors (Lipinski definition) is 0. The summed E-state index contributed by atoms with van der Waals surface area (Å²) in [5, 5.41) is 0. The second-order valence-electron chi connectivity index (χ2n) is 3.46. The van der Waals surface area contributed by atoms with Crippen molar-refractivity contribution in [3.05, 3.63) is 0 Å². The van der Waals surface area contributed by atoms with E-state index in [1.54, 1.807) is 0 Å². The first-order chi connectivity index (χ1) is 5.18. The van der Waals surface area contributed by atoms with E-state index in [2.05, 4.69) is 20.8 Å². The van der Waals surface area contributed by atoms with Gasteiger partial charge in [-0.05, 0) is 19.8 Å². The second kappa shape index (κ2) is 5.59. The first-order valence-electron chi connectivity index (χ1n) is 4.73. The molecule has 0 amide bonds. The number of methoxy groups -OCH3 is 1. The summed E-state index contributed by atoms with van der Waals surface area (Å²) in [4.78, 5) is 0. The van der Waals surface area contributed by atoms with Gasteiger partial charge in [0.1, 0.15) is 0 Å². The predicted molar refractivity (Wildman–Crippen MR) is 49.8 cm³/mol. The van der Waals surface area contributed by atoms with Crippen LogP contribution in [0.3, 0.4) is 0 Å². The van der Waals surface area contributed by atoms with Gasteiger partial charge in [-0.15, -0.1) is 0 Å². The molecule has 0 aromatic rings. The lowest BCUT2D eigenvalue weighted by molar-refractivity contribution is -0.00610. The number of ether oxygens (including phenoxy) is 1. The first kappa shape index (κ1) is 11.0. The van der Waals surface area contributed by atoms with Crippen LogP contribution >= 0.6 is 0 Å². The Morgan fingerprint density at radius 3 is 2.18 bits per heavy atom. The molecule has 0 aromatic carbocycles. The van der Waals surface area contributed by atoms with Crippen molar-refractivity contribution >= 4 is 0 Å². The molecule has 0 rings (SSSR count). The monoisotopic (exact) mass is 158 g/mol. The Bertz CT molecular complexity index is 84.9. The van der Waals surface area contributed by atoms with Gasteiger partial charge in [0.05, 0.1) is 5.60 Å². The fraction of sp³-hybridized carbons (Fsp3) is 1.00. The van der Waals surface area contributed by atoms with Crippen molar-refractivity contribution in [1.82, 2.24) is 0 Å². The van der Waals surface area contributed by atoms with Gasteiger partial charge in [-0.1, -0.05) is 33.1 Å². The lowest BCUT2D eigenvalue weighted by Gasteiger charge is -2.26. The zero-order valence-electron chi connectivity index (χ0n) is 8.44. The Morgan fingerprint density at radius 2 is 1.82 bits per heavy atom. The molecule has 1 unspecified atom stereocenters. The highest BCUT2D eigenvalue weighted by atomic mass is 16.5. The fourth-order valence-electron chi connectivity index (χ4n) is 1.17. The van der Waals surface area contributed by atoms with Crippen molar-refractivity contribution in [2.75, 3.05) is 7.11 Å². The van der Waals surface area contributed by atoms with E-state index >= 15 is 0 Å². The smallest absolute Gasteiger partial charge is 0.0648 e. The standard InChI is InChI=1S/C10H22O/c1-5-7-8-9-10(3,6-2)11-4/h5-9H2,1-4H3. The summed E-state index contributed by atoms with van der Waals surface area (Å²) in [6, 6.07) is 0. The van der Waals surface area contributed by atoms with E-state index in [1.165, 1.54) is 25.7 Å². The average Bonchev–Trinajstić information content (AvgIpc) is 2.05. The molecule has 0 fully saturated rings. The molecule has 0 saturated heterocycles. The summed E-state index contributed by atoms with van der Waals surface area (Å²) < 4.78 is 5.43. The highest BCUT2D eigenvalue weighted by molar-refractivity contribution is 4.71. The van der Waals surface area contributed by atoms with Crippen molar-refractivity contribution in [3.8, 4) is 0 Å². The van der Waals surface area contributed by atoms with Crippen LogP contribution in [-0.4, -0.2) is 12.7 Å². The van der Waals surface area contributed by atoms with E-state index in [1.807, 2.05) is 7.11 Å². The van der Waals surface area contributed by atoms with Gasteiger partial charge in [-0.3, -0.25) is 0 Å². The number of hydrogen-bond acceptors (Lipinski definition) is 1. The van der Waals surface area contributed by atoms with Crippen molar-refractivity contribution in [3.63, 3.8) is 0 Å². The normalized spacial score (nSPS) is 16.4. The lowest BCUT2D eigenvalue weighted by atomic mass is 9.95. The van der Waals surface area contributed by atoms with Crippen LogP contribution in [0, 0.1) is 0 Å². The second-order valence-corrected chi connectivity index (χ2v) is 3.46. The molecule has 0 saturated carbocycles. The van der Waals surface area contributed by atoms with Gasteiger partial charge in [-0.2, -0.15) is 0 Å². The lowest BCUT2D eigenvalue weighted by Crippen LogP contribution is -2.25. The zero-order chi connectivity index (χ0) is 8.74. The Kier molecular flexibility index (Phi) is 5.57. The van der Waals surface area contributed by atoms with Crippen LogP contribution in [0.2, 0.25) is 0 Å². The molecule has 1 atom stereocenters. The largest absolute Gasteiger partial charge is 0.379 e. The number of unbranched alkanes of at least 4 members (excludes halogenated alkanes) is 2. The van der Waals surface area contributed by atoms with Gasteiger partial charge in [0.15, 0.2) is 0 Å². The van der Waals surface area contributed by atoms with Gasteiger partial charge >= 0.3 is 0 Å². The SMILES string of the molecule is CCCCCC(C)(CC)OC. The Balaban J connectivity index is 3.51. The summed E-state index contributed by atoms with van der Waals surface area (Å²) in [6.45, 7) is 6.62. The maximum absolute atomic E-state index is 5.43. The maximum Gasteiger partial charge on any atom is 0.0648 e. The van der Waals surface area contributed by atoms with Gasteiger partial charge < -0.3 is 4.74 Å². The van der Waals surface area contributed by atoms with Crippen LogP contribution in [0.15, 0.2) is 0 Å². The molecule has 1 nitrogen and oxygen atoms in total. The molecule has 0 N–H and O–H groups in total. The first-order valence-corrected chi connectivity index (χ1v) is 4.73. The average molecular weight is 158 g/mol. The van der Waals surface area contributed by atoms with E-state index in [9.17, 15) is 0 Å². The molecule has 1 heteroatoms. The summed E-state index contributed by atoms with van der Waals surface area (Å²) in [5.41, 5.74) is 0.134. The number of rotatable bonds is 6. The van der Waals surface area contributed by atoms with E-state index in [4.69, 9.17) is 4.74 Å². The van der Waals surface area contributed by atoms with Crippen molar-refractivity contribution in [2.24, 2.45) is 0 Å². The van der Waals surface area contributed by atoms with E-state index < -0.39 is 0 Å². The molecule has 68 valence electrons. The van der Waals surface area contributed by atoms with Gasteiger partial charge in [0.25, 0.3) is 0 Å². The topological polar surface area (TPSA) is 9.23 Å². The quantitative estimate of drug-likeness (QED) is 0.538. The molecule has 0 aromatic heterocycles. The molecule has 0 aliphatic carbocycles. The maximum atomic E-state index is 5.43. The molecular weight excluding hydrogens is 136 g/mol. The Labute approximate surface area is 71.1 Å². The molecule has 0 spiro atoms. The van der Waals surface area contributed by atoms with Crippen LogP contribution in [0.1, 0.15) is 52.9 Å². The molecular formula is C10H22O. The minimum Gasteiger partial charge on any atom is -0.379 e. The predicted octanol–water partition coefficient (Wildman–Crippen LogP) is 3.38. The third kappa shape index (κ3) is 4.41. The van der Waals surface area contributed by atoms with Crippen LogP contribution in [0.4, 0.5) is 0 Å². The summed E-state index contributed by atoms with van der Waals surface area (Å²) in [6.07, 6.45) is 6.25. The Hall–Kier alpha value is -0.0400. The zero-order valence-corrected chi connectivity index (χ0v) is 8.44. The highest BCUT2D eigenvalue weighted by Crippen LogP contribution is 2.21. The molecule has 11 heavy (non-hydrogen) atoms. The third-order valence-corrected chi connectivity index (χ3v) is 2.55. The molecule has 0 bridgehead atoms. The van der Waals surface area contributed by atoms with Gasteiger partial charge in [0.2, 0.25) is 0 Å².